The van der Waals surface area contributed by atoms with Crippen LogP contribution in [0.1, 0.15) is 28.9 Å². The summed E-state index contributed by atoms with van der Waals surface area (Å²) in [5, 5.41) is 0. The van der Waals surface area contributed by atoms with Crippen LogP contribution in [0.2, 0.25) is 0 Å². The molecule has 4 rings (SSSR count). The van der Waals surface area contributed by atoms with Crippen LogP contribution in [0.5, 0.6) is 0 Å². The molecule has 2 amide bonds. The van der Waals surface area contributed by atoms with Crippen LogP contribution < -0.4 is 0 Å². The molecule has 1 spiro atoms. The number of hydrogen-bond acceptors (Lipinski definition) is 4. The summed E-state index contributed by atoms with van der Waals surface area (Å²) in [5.74, 6) is -0.444. The number of likely N-dealkylation sites (tertiary alicyclic amines) is 1. The van der Waals surface area contributed by atoms with E-state index in [2.05, 4.69) is 4.98 Å². The zero-order chi connectivity index (χ0) is 18.9. The molecule has 0 bridgehead atoms. The largest absolute Gasteiger partial charge is 0.441 e. The minimum absolute atomic E-state index is 0.113. The van der Waals surface area contributed by atoms with Crippen molar-refractivity contribution in [2.75, 3.05) is 19.6 Å². The molecule has 0 saturated carbocycles. The van der Waals surface area contributed by atoms with Gasteiger partial charge in [-0.3, -0.25) is 14.7 Å². The van der Waals surface area contributed by atoms with Crippen LogP contribution in [0.3, 0.4) is 0 Å². The van der Waals surface area contributed by atoms with Crippen molar-refractivity contribution < 1.29 is 18.7 Å². The predicted molar refractivity (Wildman–Crippen MR) is 95.4 cm³/mol. The van der Waals surface area contributed by atoms with Crippen LogP contribution in [0.15, 0.2) is 48.7 Å². The van der Waals surface area contributed by atoms with Gasteiger partial charge in [-0.2, -0.15) is 0 Å². The highest BCUT2D eigenvalue weighted by molar-refractivity contribution is 5.92. The highest BCUT2D eigenvalue weighted by Gasteiger charge is 2.47. The van der Waals surface area contributed by atoms with Crippen molar-refractivity contribution in [3.05, 3.63) is 65.7 Å². The molecule has 2 aromatic rings. The van der Waals surface area contributed by atoms with Crippen LogP contribution in [-0.2, 0) is 11.3 Å². The summed E-state index contributed by atoms with van der Waals surface area (Å²) in [7, 11) is 0. The lowest BCUT2D eigenvalue weighted by atomic mass is 9.91. The second-order valence-corrected chi connectivity index (χ2v) is 7.01. The molecule has 1 aromatic heterocycles. The van der Waals surface area contributed by atoms with Crippen molar-refractivity contribution in [2.45, 2.75) is 25.0 Å². The lowest BCUT2D eigenvalue weighted by Gasteiger charge is -2.37. The summed E-state index contributed by atoms with van der Waals surface area (Å²) in [6.45, 7) is 1.59. The molecule has 2 aliphatic rings. The third-order valence-electron chi connectivity index (χ3n) is 5.21. The maximum Gasteiger partial charge on any atom is 0.410 e. The Morgan fingerprint density at radius 1 is 1.15 bits per heavy atom. The zero-order valence-corrected chi connectivity index (χ0v) is 14.8. The van der Waals surface area contributed by atoms with E-state index < -0.39 is 11.7 Å². The minimum atomic E-state index is -0.608. The number of carbonyl (C=O) groups is 2. The van der Waals surface area contributed by atoms with Crippen molar-refractivity contribution >= 4 is 12.0 Å². The molecule has 0 N–H and O–H groups in total. The van der Waals surface area contributed by atoms with Crippen LogP contribution >= 0.6 is 0 Å². The van der Waals surface area contributed by atoms with Crippen molar-refractivity contribution in [3.8, 4) is 0 Å². The Morgan fingerprint density at radius 2 is 1.89 bits per heavy atom. The number of halogens is 1. The fraction of sp³-hybridized carbons (Fsp3) is 0.350. The van der Waals surface area contributed by atoms with Gasteiger partial charge in [-0.15, -0.1) is 0 Å². The summed E-state index contributed by atoms with van der Waals surface area (Å²) in [5.41, 5.74) is 0.274. The molecular weight excluding hydrogens is 349 g/mol. The van der Waals surface area contributed by atoms with Crippen LogP contribution in [0, 0.1) is 5.82 Å². The average molecular weight is 369 g/mol. The van der Waals surface area contributed by atoms with Crippen molar-refractivity contribution in [1.29, 1.82) is 0 Å². The van der Waals surface area contributed by atoms with Gasteiger partial charge in [-0.1, -0.05) is 24.3 Å². The number of carbonyl (C=O) groups excluding carboxylic acids is 2. The molecule has 2 saturated heterocycles. The number of nitrogens with zero attached hydrogens (tertiary/aromatic N) is 3. The Bertz CT molecular complexity index is 851. The van der Waals surface area contributed by atoms with Gasteiger partial charge < -0.3 is 9.64 Å². The Balaban J connectivity index is 1.39. The topological polar surface area (TPSA) is 62.7 Å². The van der Waals surface area contributed by atoms with E-state index in [4.69, 9.17) is 4.74 Å². The van der Waals surface area contributed by atoms with E-state index in [-0.39, 0.29) is 18.3 Å². The van der Waals surface area contributed by atoms with Gasteiger partial charge in [-0.05, 0) is 18.2 Å². The molecule has 0 unspecified atom stereocenters. The first-order valence-electron chi connectivity index (χ1n) is 8.98. The van der Waals surface area contributed by atoms with Gasteiger partial charge in [-0.25, -0.2) is 9.18 Å². The summed E-state index contributed by atoms with van der Waals surface area (Å²) < 4.78 is 19.5. The predicted octanol–water partition coefficient (Wildman–Crippen LogP) is 2.85. The molecule has 2 aliphatic heterocycles. The third kappa shape index (κ3) is 3.49. The highest BCUT2D eigenvalue weighted by Crippen LogP contribution is 2.34. The normalized spacial score (nSPS) is 18.6. The molecule has 1 aromatic carbocycles. The molecule has 3 heterocycles. The van der Waals surface area contributed by atoms with Gasteiger partial charge in [0.15, 0.2) is 0 Å². The van der Waals surface area contributed by atoms with E-state index >= 15 is 0 Å². The van der Waals surface area contributed by atoms with E-state index in [1.54, 1.807) is 47.5 Å². The number of rotatable bonds is 3. The van der Waals surface area contributed by atoms with E-state index in [9.17, 15) is 14.0 Å². The van der Waals surface area contributed by atoms with Gasteiger partial charge in [0.2, 0.25) is 0 Å². The Morgan fingerprint density at radius 3 is 2.59 bits per heavy atom. The summed E-state index contributed by atoms with van der Waals surface area (Å²) >= 11 is 0. The third-order valence-corrected chi connectivity index (χ3v) is 5.21. The molecule has 0 radical (unpaired) electrons. The molecule has 0 atom stereocenters. The minimum Gasteiger partial charge on any atom is -0.441 e. The summed E-state index contributed by atoms with van der Waals surface area (Å²) in [4.78, 5) is 32.2. The van der Waals surface area contributed by atoms with E-state index in [0.29, 0.717) is 43.7 Å². The molecule has 7 heteroatoms. The van der Waals surface area contributed by atoms with Crippen molar-refractivity contribution in [1.82, 2.24) is 14.8 Å². The summed E-state index contributed by atoms with van der Waals surface area (Å²) in [6.07, 6.45) is 2.29. The maximum absolute atomic E-state index is 13.9. The number of hydrogen-bond donors (Lipinski definition) is 0. The molecule has 6 nitrogen and oxygen atoms in total. The van der Waals surface area contributed by atoms with Crippen LogP contribution in [-0.4, -0.2) is 52.0 Å². The first-order valence-corrected chi connectivity index (χ1v) is 8.98. The Kier molecular flexibility index (Phi) is 4.51. The first kappa shape index (κ1) is 17.5. The number of pyridine rings is 1. The van der Waals surface area contributed by atoms with Crippen LogP contribution in [0.4, 0.5) is 9.18 Å². The molecule has 2 fully saturated rings. The second-order valence-electron chi connectivity index (χ2n) is 7.01. The smallest absolute Gasteiger partial charge is 0.410 e. The van der Waals surface area contributed by atoms with Crippen LogP contribution in [0.25, 0.3) is 0 Å². The number of amides is 2. The van der Waals surface area contributed by atoms with Gasteiger partial charge in [0.1, 0.15) is 17.1 Å². The monoisotopic (exact) mass is 369 g/mol. The van der Waals surface area contributed by atoms with Gasteiger partial charge in [0.25, 0.3) is 5.91 Å². The quantitative estimate of drug-likeness (QED) is 0.835. The average Bonchev–Trinajstić information content (AvgIpc) is 2.99. The maximum atomic E-state index is 13.9. The Labute approximate surface area is 156 Å². The number of aromatic nitrogens is 1. The van der Waals surface area contributed by atoms with E-state index in [1.165, 1.54) is 11.0 Å². The SMILES string of the molecule is O=C1OC2(CCN(C(=O)c3ccccn3)CC2)CN1Cc1ccccc1F. The zero-order valence-electron chi connectivity index (χ0n) is 14.8. The lowest BCUT2D eigenvalue weighted by Crippen LogP contribution is -2.48. The molecule has 27 heavy (non-hydrogen) atoms. The second kappa shape index (κ2) is 6.98. The Hall–Kier alpha value is -2.96. The van der Waals surface area contributed by atoms with Gasteiger partial charge in [0.05, 0.1) is 13.1 Å². The van der Waals surface area contributed by atoms with Gasteiger partial charge >= 0.3 is 6.09 Å². The lowest BCUT2D eigenvalue weighted by molar-refractivity contribution is 0.00295. The summed E-state index contributed by atoms with van der Waals surface area (Å²) in [6, 6.07) is 11.7. The number of piperidine rings is 1. The highest BCUT2D eigenvalue weighted by atomic mass is 19.1. The fourth-order valence-corrected chi connectivity index (χ4v) is 3.68. The standard InChI is InChI=1S/C20H20FN3O3/c21-16-6-2-1-5-15(16)13-24-14-20(27-19(24)26)8-11-23(12-9-20)18(25)17-7-3-4-10-22-17/h1-7,10H,8-9,11-14H2. The first-order chi connectivity index (χ1) is 13.1. The molecule has 140 valence electrons. The number of ether oxygens (including phenoxy) is 1. The van der Waals surface area contributed by atoms with Gasteiger partial charge in [0, 0.05) is 37.7 Å². The van der Waals surface area contributed by atoms with E-state index in [0.717, 1.165) is 0 Å². The van der Waals surface area contributed by atoms with E-state index in [1.807, 2.05) is 0 Å². The van der Waals surface area contributed by atoms with Crippen molar-refractivity contribution in [3.63, 3.8) is 0 Å². The number of benzene rings is 1. The fourth-order valence-electron chi connectivity index (χ4n) is 3.68. The molecular formula is C20H20FN3O3. The van der Waals surface area contributed by atoms with Crippen molar-refractivity contribution in [2.24, 2.45) is 0 Å². The molecule has 0 aliphatic carbocycles.